The van der Waals surface area contributed by atoms with Crippen molar-refractivity contribution in [3.8, 4) is 0 Å². The van der Waals surface area contributed by atoms with Crippen molar-refractivity contribution >= 4 is 27.3 Å². The summed E-state index contributed by atoms with van der Waals surface area (Å²) in [4.78, 5) is 9.98. The Hall–Kier alpha value is -1.31. The second-order valence-corrected chi connectivity index (χ2v) is 4.11. The number of rotatable bonds is 2. The molecule has 0 saturated carbocycles. The molecule has 0 heterocycles. The third kappa shape index (κ3) is 2.51. The Morgan fingerprint density at radius 3 is 2.35 bits per heavy atom. The number of nitro benzene ring substituents is 1. The summed E-state index contributed by atoms with van der Waals surface area (Å²) in [6.45, 7) is 1.38. The standard InChI is InChI=1S/C9H8BrF3N2O2/c1-4-6(10)3-5(9(11,12)13)7(14-2)8(4)15(16)17/h3,14H,1-2H3. The molecule has 1 N–H and O–H groups in total. The fraction of sp³-hybridized carbons (Fsp3) is 0.333. The average Bonchev–Trinajstić information content (AvgIpc) is 2.18. The minimum Gasteiger partial charge on any atom is -0.382 e. The van der Waals surface area contributed by atoms with Gasteiger partial charge in [0.15, 0.2) is 0 Å². The molecule has 0 unspecified atom stereocenters. The second kappa shape index (κ2) is 4.52. The van der Waals surface area contributed by atoms with E-state index in [-0.39, 0.29) is 10.0 Å². The van der Waals surface area contributed by atoms with Gasteiger partial charge in [-0.15, -0.1) is 0 Å². The Balaban J connectivity index is 3.70. The van der Waals surface area contributed by atoms with E-state index in [9.17, 15) is 23.3 Å². The highest BCUT2D eigenvalue weighted by molar-refractivity contribution is 9.10. The zero-order valence-electron chi connectivity index (χ0n) is 8.85. The minimum atomic E-state index is -4.65. The number of alkyl halides is 3. The molecule has 0 aromatic heterocycles. The maximum Gasteiger partial charge on any atom is 0.418 e. The fourth-order valence-electron chi connectivity index (χ4n) is 1.44. The van der Waals surface area contributed by atoms with Crippen molar-refractivity contribution in [2.75, 3.05) is 12.4 Å². The lowest BCUT2D eigenvalue weighted by Crippen LogP contribution is -2.12. The quantitative estimate of drug-likeness (QED) is 0.668. The molecule has 0 aliphatic carbocycles. The summed E-state index contributed by atoms with van der Waals surface area (Å²) in [7, 11) is 1.21. The lowest BCUT2D eigenvalue weighted by atomic mass is 10.1. The first kappa shape index (κ1) is 13.8. The first-order valence-electron chi connectivity index (χ1n) is 4.42. The summed E-state index contributed by atoms with van der Waals surface area (Å²) in [6.07, 6.45) is -4.65. The van der Waals surface area contributed by atoms with Gasteiger partial charge in [0.2, 0.25) is 0 Å². The van der Waals surface area contributed by atoms with Crippen LogP contribution in [0.5, 0.6) is 0 Å². The molecule has 0 amide bonds. The van der Waals surface area contributed by atoms with Gasteiger partial charge in [-0.2, -0.15) is 13.2 Å². The third-order valence-electron chi connectivity index (χ3n) is 2.23. The highest BCUT2D eigenvalue weighted by atomic mass is 79.9. The molecule has 1 aromatic carbocycles. The van der Waals surface area contributed by atoms with E-state index in [1.165, 1.54) is 14.0 Å². The predicted molar refractivity (Wildman–Crippen MR) is 60.1 cm³/mol. The predicted octanol–water partition coefficient (Wildman–Crippen LogP) is 3.73. The van der Waals surface area contributed by atoms with Crippen LogP contribution in [0.2, 0.25) is 0 Å². The summed E-state index contributed by atoms with van der Waals surface area (Å²) >= 11 is 2.89. The van der Waals surface area contributed by atoms with Gasteiger partial charge in [0.05, 0.1) is 10.5 Å². The van der Waals surface area contributed by atoms with Crippen LogP contribution in [0.3, 0.4) is 0 Å². The smallest absolute Gasteiger partial charge is 0.382 e. The van der Waals surface area contributed by atoms with Gasteiger partial charge in [0.1, 0.15) is 5.69 Å². The van der Waals surface area contributed by atoms with Gasteiger partial charge in [-0.3, -0.25) is 10.1 Å². The SMILES string of the molecule is CNc1c(C(F)(F)F)cc(Br)c(C)c1[N+](=O)[O-]. The summed E-state index contributed by atoms with van der Waals surface area (Å²) in [5.74, 6) is 0. The van der Waals surface area contributed by atoms with E-state index in [1.54, 1.807) is 0 Å². The molecule has 0 radical (unpaired) electrons. The van der Waals surface area contributed by atoms with Crippen molar-refractivity contribution in [1.29, 1.82) is 0 Å². The van der Waals surface area contributed by atoms with Gasteiger partial charge in [0, 0.05) is 17.1 Å². The number of benzene rings is 1. The van der Waals surface area contributed by atoms with E-state index in [0.29, 0.717) is 0 Å². The number of nitrogens with zero attached hydrogens (tertiary/aromatic N) is 1. The summed E-state index contributed by atoms with van der Waals surface area (Å²) in [6, 6.07) is 0.828. The Bertz CT molecular complexity index is 474. The monoisotopic (exact) mass is 312 g/mol. The second-order valence-electron chi connectivity index (χ2n) is 3.26. The Morgan fingerprint density at radius 1 is 1.47 bits per heavy atom. The molecule has 0 aliphatic heterocycles. The Kier molecular flexibility index (Phi) is 3.65. The first-order chi connectivity index (χ1) is 7.70. The molecule has 0 spiro atoms. The topological polar surface area (TPSA) is 55.2 Å². The van der Waals surface area contributed by atoms with Gasteiger partial charge in [0.25, 0.3) is 5.69 Å². The molecule has 94 valence electrons. The lowest BCUT2D eigenvalue weighted by Gasteiger charge is -2.15. The van der Waals surface area contributed by atoms with Crippen molar-refractivity contribution in [3.63, 3.8) is 0 Å². The summed E-state index contributed by atoms with van der Waals surface area (Å²) in [5.41, 5.74) is -2.02. The van der Waals surface area contributed by atoms with Crippen LogP contribution in [0.4, 0.5) is 24.5 Å². The van der Waals surface area contributed by atoms with Crippen LogP contribution in [-0.4, -0.2) is 12.0 Å². The number of nitro groups is 1. The molecule has 4 nitrogen and oxygen atoms in total. The van der Waals surface area contributed by atoms with E-state index in [2.05, 4.69) is 21.2 Å². The Labute approximate surface area is 103 Å². The van der Waals surface area contributed by atoms with Gasteiger partial charge in [-0.25, -0.2) is 0 Å². The fourth-order valence-corrected chi connectivity index (χ4v) is 1.86. The number of hydrogen-bond donors (Lipinski definition) is 1. The van der Waals surface area contributed by atoms with Crippen LogP contribution >= 0.6 is 15.9 Å². The van der Waals surface area contributed by atoms with Crippen LogP contribution in [0.1, 0.15) is 11.1 Å². The molecule has 0 aliphatic rings. The zero-order chi connectivity index (χ0) is 13.4. The molecule has 8 heteroatoms. The molecule has 0 saturated heterocycles. The molecule has 1 aromatic rings. The molecular weight excluding hydrogens is 305 g/mol. The van der Waals surface area contributed by atoms with Crippen molar-refractivity contribution in [3.05, 3.63) is 31.8 Å². The molecule has 0 fully saturated rings. The summed E-state index contributed by atoms with van der Waals surface area (Å²) in [5, 5.41) is 13.0. The maximum atomic E-state index is 12.7. The maximum absolute atomic E-state index is 12.7. The van der Waals surface area contributed by atoms with E-state index in [1.807, 2.05) is 0 Å². The van der Waals surface area contributed by atoms with E-state index in [4.69, 9.17) is 0 Å². The number of halogens is 4. The van der Waals surface area contributed by atoms with Crippen LogP contribution < -0.4 is 5.32 Å². The van der Waals surface area contributed by atoms with Gasteiger partial charge in [-0.1, -0.05) is 15.9 Å². The molecular formula is C9H8BrF3N2O2. The van der Waals surface area contributed by atoms with Gasteiger partial charge < -0.3 is 5.32 Å². The van der Waals surface area contributed by atoms with Crippen LogP contribution in [-0.2, 0) is 6.18 Å². The third-order valence-corrected chi connectivity index (χ3v) is 3.05. The minimum absolute atomic E-state index is 0.0514. The zero-order valence-corrected chi connectivity index (χ0v) is 10.4. The normalized spacial score (nSPS) is 11.4. The van der Waals surface area contributed by atoms with Crippen molar-refractivity contribution in [2.24, 2.45) is 0 Å². The number of nitrogens with one attached hydrogen (secondary N) is 1. The van der Waals surface area contributed by atoms with Crippen molar-refractivity contribution in [2.45, 2.75) is 13.1 Å². The van der Waals surface area contributed by atoms with E-state index >= 15 is 0 Å². The van der Waals surface area contributed by atoms with E-state index < -0.39 is 28.0 Å². The van der Waals surface area contributed by atoms with Gasteiger partial charge in [-0.05, 0) is 13.0 Å². The van der Waals surface area contributed by atoms with Crippen LogP contribution in [0.15, 0.2) is 10.5 Å². The highest BCUT2D eigenvalue weighted by Gasteiger charge is 2.38. The Morgan fingerprint density at radius 2 is 2.00 bits per heavy atom. The van der Waals surface area contributed by atoms with Crippen LogP contribution in [0, 0.1) is 17.0 Å². The first-order valence-corrected chi connectivity index (χ1v) is 5.22. The molecule has 17 heavy (non-hydrogen) atoms. The number of anilines is 1. The largest absolute Gasteiger partial charge is 0.418 e. The number of hydrogen-bond acceptors (Lipinski definition) is 3. The van der Waals surface area contributed by atoms with Crippen molar-refractivity contribution < 1.29 is 18.1 Å². The van der Waals surface area contributed by atoms with Crippen LogP contribution in [0.25, 0.3) is 0 Å². The molecule has 1 rings (SSSR count). The van der Waals surface area contributed by atoms with Gasteiger partial charge >= 0.3 is 6.18 Å². The average molecular weight is 313 g/mol. The van der Waals surface area contributed by atoms with Crippen molar-refractivity contribution in [1.82, 2.24) is 0 Å². The lowest BCUT2D eigenvalue weighted by molar-refractivity contribution is -0.384. The summed E-state index contributed by atoms with van der Waals surface area (Å²) < 4.78 is 38.2. The molecule has 0 bridgehead atoms. The highest BCUT2D eigenvalue weighted by Crippen LogP contribution is 2.43. The molecule has 0 atom stereocenters. The van der Waals surface area contributed by atoms with E-state index in [0.717, 1.165) is 6.07 Å².